The molecule has 1 aliphatic carbocycles. The van der Waals surface area contributed by atoms with Gasteiger partial charge >= 0.3 is 0 Å². The van der Waals surface area contributed by atoms with E-state index in [9.17, 15) is 0 Å². The molecule has 0 saturated heterocycles. The summed E-state index contributed by atoms with van der Waals surface area (Å²) in [4.78, 5) is 0. The number of hydrogen-bond donors (Lipinski definition) is 2. The number of hydrogen-bond acceptors (Lipinski definition) is 2. The lowest BCUT2D eigenvalue weighted by Crippen LogP contribution is -2.27. The summed E-state index contributed by atoms with van der Waals surface area (Å²) in [6.45, 7) is 2.51. The summed E-state index contributed by atoms with van der Waals surface area (Å²) in [6, 6.07) is 11.1. The van der Waals surface area contributed by atoms with Crippen LogP contribution in [0.5, 0.6) is 0 Å². The van der Waals surface area contributed by atoms with Gasteiger partial charge in [0.15, 0.2) is 0 Å². The van der Waals surface area contributed by atoms with E-state index in [1.54, 1.807) is 0 Å². The summed E-state index contributed by atoms with van der Waals surface area (Å²) in [5.74, 6) is 0.662. The van der Waals surface area contributed by atoms with Crippen LogP contribution in [0.3, 0.4) is 0 Å². The number of nitrogens with one attached hydrogen (secondary N) is 1. The van der Waals surface area contributed by atoms with E-state index in [1.807, 2.05) is 13.0 Å². The Kier molecular flexibility index (Phi) is 2.85. The van der Waals surface area contributed by atoms with Crippen LogP contribution in [0, 0.1) is 0 Å². The van der Waals surface area contributed by atoms with Crippen molar-refractivity contribution in [1.29, 1.82) is 0 Å². The standard InChI is InChI=1S/C12H17NO/c1-9(14)8-13-12-7-11(12)10-5-3-2-4-6-10/h2-6,9,11-14H,7-8H2,1H3. The van der Waals surface area contributed by atoms with Gasteiger partial charge in [-0.15, -0.1) is 0 Å². The first-order valence-corrected chi connectivity index (χ1v) is 5.24. The van der Waals surface area contributed by atoms with E-state index >= 15 is 0 Å². The van der Waals surface area contributed by atoms with E-state index in [4.69, 9.17) is 5.11 Å². The Labute approximate surface area is 85.0 Å². The highest BCUT2D eigenvalue weighted by Crippen LogP contribution is 2.40. The molecule has 14 heavy (non-hydrogen) atoms. The summed E-state index contributed by atoms with van der Waals surface area (Å²) in [5, 5.41) is 12.5. The molecule has 0 amide bonds. The summed E-state index contributed by atoms with van der Waals surface area (Å²) in [7, 11) is 0. The van der Waals surface area contributed by atoms with Crippen LogP contribution in [0.4, 0.5) is 0 Å². The van der Waals surface area contributed by atoms with Gasteiger partial charge in [0.25, 0.3) is 0 Å². The van der Waals surface area contributed by atoms with Gasteiger partial charge in [-0.2, -0.15) is 0 Å². The van der Waals surface area contributed by atoms with Crippen molar-refractivity contribution in [1.82, 2.24) is 5.32 Å². The third-order valence-electron chi connectivity index (χ3n) is 2.69. The van der Waals surface area contributed by atoms with E-state index < -0.39 is 0 Å². The van der Waals surface area contributed by atoms with E-state index in [1.165, 1.54) is 12.0 Å². The molecule has 0 aliphatic heterocycles. The monoisotopic (exact) mass is 191 g/mol. The molecule has 2 N–H and O–H groups in total. The van der Waals surface area contributed by atoms with Gasteiger partial charge in [0.2, 0.25) is 0 Å². The first-order chi connectivity index (χ1) is 6.77. The van der Waals surface area contributed by atoms with Gasteiger partial charge in [0.1, 0.15) is 0 Å². The predicted octanol–water partition coefficient (Wildman–Crippen LogP) is 1.51. The molecular formula is C12H17NO. The smallest absolute Gasteiger partial charge is 0.0636 e. The second kappa shape index (κ2) is 4.11. The topological polar surface area (TPSA) is 32.3 Å². The van der Waals surface area contributed by atoms with Crippen LogP contribution in [-0.2, 0) is 0 Å². The second-order valence-corrected chi connectivity index (χ2v) is 4.12. The molecule has 2 heteroatoms. The molecule has 1 saturated carbocycles. The van der Waals surface area contributed by atoms with Crippen molar-refractivity contribution in [2.45, 2.75) is 31.4 Å². The van der Waals surface area contributed by atoms with Crippen molar-refractivity contribution in [3.8, 4) is 0 Å². The molecule has 0 bridgehead atoms. The molecular weight excluding hydrogens is 174 g/mol. The zero-order valence-electron chi connectivity index (χ0n) is 8.48. The van der Waals surface area contributed by atoms with E-state index in [0.29, 0.717) is 18.5 Å². The highest BCUT2D eigenvalue weighted by atomic mass is 16.3. The van der Waals surface area contributed by atoms with Crippen molar-refractivity contribution < 1.29 is 5.11 Å². The summed E-state index contributed by atoms with van der Waals surface area (Å²) < 4.78 is 0. The fourth-order valence-electron chi connectivity index (χ4n) is 1.81. The molecule has 0 aromatic heterocycles. The van der Waals surface area contributed by atoms with Crippen molar-refractivity contribution in [2.24, 2.45) is 0 Å². The molecule has 0 heterocycles. The molecule has 0 radical (unpaired) electrons. The van der Waals surface area contributed by atoms with Crippen LogP contribution in [0.15, 0.2) is 30.3 Å². The molecule has 3 atom stereocenters. The zero-order valence-corrected chi connectivity index (χ0v) is 8.48. The Morgan fingerprint density at radius 2 is 2.14 bits per heavy atom. The third kappa shape index (κ3) is 2.34. The van der Waals surface area contributed by atoms with Gasteiger partial charge in [-0.25, -0.2) is 0 Å². The Balaban J connectivity index is 1.82. The second-order valence-electron chi connectivity index (χ2n) is 4.12. The van der Waals surface area contributed by atoms with Crippen molar-refractivity contribution in [3.63, 3.8) is 0 Å². The highest BCUT2D eigenvalue weighted by Gasteiger charge is 2.37. The maximum atomic E-state index is 9.12. The van der Waals surface area contributed by atoms with Gasteiger partial charge in [0, 0.05) is 18.5 Å². The van der Waals surface area contributed by atoms with Gasteiger partial charge in [-0.05, 0) is 18.9 Å². The van der Waals surface area contributed by atoms with Gasteiger partial charge < -0.3 is 10.4 Å². The molecule has 76 valence electrons. The van der Waals surface area contributed by atoms with Crippen LogP contribution in [-0.4, -0.2) is 23.8 Å². The molecule has 1 aliphatic rings. The molecule has 2 nitrogen and oxygen atoms in total. The maximum Gasteiger partial charge on any atom is 0.0636 e. The maximum absolute atomic E-state index is 9.12. The van der Waals surface area contributed by atoms with Gasteiger partial charge in [-0.3, -0.25) is 0 Å². The first-order valence-electron chi connectivity index (χ1n) is 5.24. The molecule has 1 aromatic carbocycles. The number of rotatable bonds is 4. The van der Waals surface area contributed by atoms with E-state index in [0.717, 1.165) is 0 Å². The summed E-state index contributed by atoms with van der Waals surface area (Å²) in [6.07, 6.45) is 0.962. The lowest BCUT2D eigenvalue weighted by atomic mass is 10.1. The fraction of sp³-hybridized carbons (Fsp3) is 0.500. The van der Waals surface area contributed by atoms with E-state index in [2.05, 4.69) is 29.6 Å². The van der Waals surface area contributed by atoms with E-state index in [-0.39, 0.29) is 6.10 Å². The molecule has 1 fully saturated rings. The Hall–Kier alpha value is -0.860. The molecule has 2 rings (SSSR count). The van der Waals surface area contributed by atoms with Gasteiger partial charge in [0.05, 0.1) is 6.10 Å². The lowest BCUT2D eigenvalue weighted by molar-refractivity contribution is 0.190. The minimum Gasteiger partial charge on any atom is -0.392 e. The van der Waals surface area contributed by atoms with Crippen LogP contribution in [0.2, 0.25) is 0 Å². The summed E-state index contributed by atoms with van der Waals surface area (Å²) in [5.41, 5.74) is 1.41. The van der Waals surface area contributed by atoms with Crippen LogP contribution in [0.25, 0.3) is 0 Å². The lowest BCUT2D eigenvalue weighted by Gasteiger charge is -2.06. The van der Waals surface area contributed by atoms with Gasteiger partial charge in [-0.1, -0.05) is 30.3 Å². The fourth-order valence-corrected chi connectivity index (χ4v) is 1.81. The van der Waals surface area contributed by atoms with Crippen LogP contribution >= 0.6 is 0 Å². The quantitative estimate of drug-likeness (QED) is 0.756. The third-order valence-corrected chi connectivity index (χ3v) is 2.69. The first kappa shape index (κ1) is 9.69. The minimum atomic E-state index is -0.243. The van der Waals surface area contributed by atoms with Crippen molar-refractivity contribution >= 4 is 0 Å². The largest absolute Gasteiger partial charge is 0.392 e. The van der Waals surface area contributed by atoms with Crippen molar-refractivity contribution in [2.75, 3.05) is 6.54 Å². The zero-order chi connectivity index (χ0) is 9.97. The van der Waals surface area contributed by atoms with Crippen LogP contribution in [0.1, 0.15) is 24.8 Å². The SMILES string of the molecule is CC(O)CNC1CC1c1ccccc1. The molecule has 3 unspecified atom stereocenters. The number of benzene rings is 1. The average Bonchev–Trinajstić information content (AvgIpc) is 2.95. The highest BCUT2D eigenvalue weighted by molar-refractivity contribution is 5.27. The minimum absolute atomic E-state index is 0.243. The Morgan fingerprint density at radius 1 is 1.43 bits per heavy atom. The average molecular weight is 191 g/mol. The Bertz CT molecular complexity index is 284. The Morgan fingerprint density at radius 3 is 2.79 bits per heavy atom. The molecule has 0 spiro atoms. The number of aliphatic hydroxyl groups is 1. The van der Waals surface area contributed by atoms with Crippen LogP contribution < -0.4 is 5.32 Å². The normalized spacial score (nSPS) is 27.3. The van der Waals surface area contributed by atoms with Crippen molar-refractivity contribution in [3.05, 3.63) is 35.9 Å². The summed E-state index contributed by atoms with van der Waals surface area (Å²) >= 11 is 0. The molecule has 1 aromatic rings. The predicted molar refractivity (Wildman–Crippen MR) is 57.3 cm³/mol. The number of aliphatic hydroxyl groups excluding tert-OH is 1.